The first kappa shape index (κ1) is 15.5. The van der Waals surface area contributed by atoms with Crippen LogP contribution >= 0.6 is 0 Å². The SMILES string of the molecule is [15NH2]CC[15NH]C(c1ccccc1)(c1ccccc1)c1ccccc1. The van der Waals surface area contributed by atoms with E-state index < -0.39 is 5.54 Å². The van der Waals surface area contributed by atoms with Crippen LogP contribution < -0.4 is 11.1 Å². The molecule has 0 aliphatic carbocycles. The Kier molecular flexibility index (Phi) is 4.86. The molecule has 23 heavy (non-hydrogen) atoms. The molecule has 0 atom stereocenters. The van der Waals surface area contributed by atoms with Gasteiger partial charge in [0, 0.05) is 13.1 Å². The minimum atomic E-state index is -0.400. The minimum absolute atomic E-state index is 0.400. The minimum Gasteiger partial charge on any atom is -0.329 e. The first-order chi connectivity index (χ1) is 11.4. The van der Waals surface area contributed by atoms with Gasteiger partial charge < -0.3 is 5.73 Å². The standard InChI is InChI=1S/C21H22N2/c22-16-17-23-21(18-10-4-1-5-11-18,19-12-6-2-7-13-19)20-14-8-3-9-15-20/h1-15,23H,16-17,22H2/i22+1,23+1. The summed E-state index contributed by atoms with van der Waals surface area (Å²) in [5.41, 5.74) is 9.05. The van der Waals surface area contributed by atoms with E-state index in [1.807, 2.05) is 18.2 Å². The molecule has 2 nitrogen and oxygen atoms in total. The molecule has 0 spiro atoms. The molecule has 0 aliphatic rings. The van der Waals surface area contributed by atoms with Crippen molar-refractivity contribution in [2.24, 2.45) is 5.73 Å². The first-order valence-electron chi connectivity index (χ1n) is 7.99. The number of rotatable bonds is 6. The van der Waals surface area contributed by atoms with Gasteiger partial charge in [0.1, 0.15) is 0 Å². The average molecular weight is 304 g/mol. The van der Waals surface area contributed by atoms with E-state index in [1.165, 1.54) is 16.7 Å². The molecule has 0 heterocycles. The van der Waals surface area contributed by atoms with Crippen LogP contribution in [0.3, 0.4) is 0 Å². The number of nitrogens with one attached hydrogen (secondary N) is 1. The van der Waals surface area contributed by atoms with Crippen LogP contribution in [0.5, 0.6) is 0 Å². The zero-order chi connectivity index (χ0) is 16.0. The number of nitrogens with two attached hydrogens (primary N) is 1. The summed E-state index contributed by atoms with van der Waals surface area (Å²) in [4.78, 5) is 0. The van der Waals surface area contributed by atoms with E-state index in [0.29, 0.717) is 6.54 Å². The van der Waals surface area contributed by atoms with E-state index in [4.69, 9.17) is 5.73 Å². The molecule has 0 saturated carbocycles. The van der Waals surface area contributed by atoms with Crippen LogP contribution in [0.25, 0.3) is 0 Å². The lowest BCUT2D eigenvalue weighted by atomic mass is 9.79. The Hall–Kier alpha value is -2.42. The third kappa shape index (κ3) is 3.04. The van der Waals surface area contributed by atoms with Gasteiger partial charge in [0.2, 0.25) is 0 Å². The van der Waals surface area contributed by atoms with Crippen molar-refractivity contribution in [3.05, 3.63) is 108 Å². The van der Waals surface area contributed by atoms with E-state index in [2.05, 4.69) is 78.1 Å². The largest absolute Gasteiger partial charge is 0.329 e. The Balaban J connectivity index is 2.25. The van der Waals surface area contributed by atoms with Gasteiger partial charge >= 0.3 is 0 Å². The van der Waals surface area contributed by atoms with E-state index in [-0.39, 0.29) is 0 Å². The summed E-state index contributed by atoms with van der Waals surface area (Å²) in [5, 5.41) is 3.71. The van der Waals surface area contributed by atoms with Crippen molar-refractivity contribution >= 4 is 0 Å². The van der Waals surface area contributed by atoms with Crippen molar-refractivity contribution < 1.29 is 0 Å². The molecule has 0 unspecified atom stereocenters. The highest BCUT2D eigenvalue weighted by atomic mass is 15.7. The molecular weight excluding hydrogens is 282 g/mol. The lowest BCUT2D eigenvalue weighted by Crippen LogP contribution is -2.46. The van der Waals surface area contributed by atoms with Crippen LogP contribution in [0.15, 0.2) is 91.0 Å². The monoisotopic (exact) mass is 304 g/mol. The fraction of sp³-hybridized carbons (Fsp3) is 0.143. The normalized spacial score (nSPS) is 11.3. The molecule has 116 valence electrons. The van der Waals surface area contributed by atoms with Crippen molar-refractivity contribution in [3.63, 3.8) is 0 Å². The lowest BCUT2D eigenvalue weighted by Gasteiger charge is -2.37. The third-order valence-corrected chi connectivity index (χ3v) is 4.15. The highest BCUT2D eigenvalue weighted by molar-refractivity contribution is 5.49. The van der Waals surface area contributed by atoms with E-state index in [1.54, 1.807) is 0 Å². The molecule has 0 aliphatic heterocycles. The second-order valence-electron chi connectivity index (χ2n) is 5.56. The second-order valence-corrected chi connectivity index (χ2v) is 5.56. The Bertz CT molecular complexity index is 612. The average Bonchev–Trinajstić information content (AvgIpc) is 2.65. The zero-order valence-electron chi connectivity index (χ0n) is 13.2. The predicted octanol–water partition coefficient (Wildman–Crippen LogP) is 3.53. The summed E-state index contributed by atoms with van der Waals surface area (Å²) in [6, 6.07) is 31.7. The zero-order valence-corrected chi connectivity index (χ0v) is 13.2. The molecule has 0 saturated heterocycles. The first-order valence-corrected chi connectivity index (χ1v) is 7.99. The summed E-state index contributed by atoms with van der Waals surface area (Å²) in [7, 11) is 0. The van der Waals surface area contributed by atoms with Crippen LogP contribution in [-0.2, 0) is 5.54 Å². The van der Waals surface area contributed by atoms with Gasteiger partial charge in [-0.15, -0.1) is 0 Å². The van der Waals surface area contributed by atoms with Gasteiger partial charge in [-0.2, -0.15) is 0 Å². The highest BCUT2D eigenvalue weighted by Gasteiger charge is 2.35. The van der Waals surface area contributed by atoms with Crippen molar-refractivity contribution in [1.82, 2.24) is 5.32 Å². The Morgan fingerprint density at radius 1 is 0.609 bits per heavy atom. The molecule has 3 N–H and O–H groups in total. The summed E-state index contributed by atoms with van der Waals surface area (Å²) in [5.74, 6) is 0. The summed E-state index contributed by atoms with van der Waals surface area (Å²) in [6.45, 7) is 1.33. The maximum absolute atomic E-state index is 5.81. The Morgan fingerprint density at radius 2 is 0.957 bits per heavy atom. The van der Waals surface area contributed by atoms with Crippen LogP contribution in [0.2, 0.25) is 0 Å². The highest BCUT2D eigenvalue weighted by Crippen LogP contribution is 2.36. The van der Waals surface area contributed by atoms with E-state index in [0.717, 1.165) is 6.54 Å². The molecule has 0 amide bonds. The van der Waals surface area contributed by atoms with E-state index >= 15 is 0 Å². The second kappa shape index (κ2) is 7.23. The van der Waals surface area contributed by atoms with Gasteiger partial charge in [-0.05, 0) is 16.7 Å². The van der Waals surface area contributed by atoms with Gasteiger partial charge in [-0.3, -0.25) is 5.32 Å². The molecule has 3 aromatic rings. The van der Waals surface area contributed by atoms with Gasteiger partial charge in [-0.25, -0.2) is 0 Å². The summed E-state index contributed by atoms with van der Waals surface area (Å²) >= 11 is 0. The third-order valence-electron chi connectivity index (χ3n) is 4.15. The van der Waals surface area contributed by atoms with Gasteiger partial charge in [0.25, 0.3) is 0 Å². The van der Waals surface area contributed by atoms with Gasteiger partial charge in [0.05, 0.1) is 5.54 Å². The smallest absolute Gasteiger partial charge is 0.0948 e. The van der Waals surface area contributed by atoms with Crippen LogP contribution in [0.4, 0.5) is 0 Å². The van der Waals surface area contributed by atoms with Gasteiger partial charge in [-0.1, -0.05) is 91.0 Å². The van der Waals surface area contributed by atoms with Crippen LogP contribution in [-0.4, -0.2) is 13.1 Å². The van der Waals surface area contributed by atoms with Crippen LogP contribution in [0, 0.1) is 0 Å². The predicted molar refractivity (Wildman–Crippen MR) is 96.3 cm³/mol. The molecule has 3 aromatic carbocycles. The maximum Gasteiger partial charge on any atom is 0.0948 e. The van der Waals surface area contributed by atoms with Crippen molar-refractivity contribution in [1.29, 1.82) is 0 Å². The van der Waals surface area contributed by atoms with Gasteiger partial charge in [0.15, 0.2) is 0 Å². The quantitative estimate of drug-likeness (QED) is 0.540. The molecule has 0 radical (unpaired) electrons. The fourth-order valence-electron chi connectivity index (χ4n) is 3.13. The van der Waals surface area contributed by atoms with Crippen molar-refractivity contribution in [2.75, 3.05) is 13.1 Å². The fourth-order valence-corrected chi connectivity index (χ4v) is 3.13. The Labute approximate surface area is 138 Å². The lowest BCUT2D eigenvalue weighted by molar-refractivity contribution is 0.479. The molecule has 2 heteroatoms. The number of benzene rings is 3. The molecular formula is C21H22N2. The van der Waals surface area contributed by atoms with Crippen molar-refractivity contribution in [2.45, 2.75) is 5.54 Å². The molecule has 3 rings (SSSR count). The summed E-state index contributed by atoms with van der Waals surface area (Å²) in [6.07, 6.45) is 0. The number of hydrogen-bond donors (Lipinski definition) is 2. The number of hydrogen-bond acceptors (Lipinski definition) is 2. The van der Waals surface area contributed by atoms with Crippen molar-refractivity contribution in [3.8, 4) is 0 Å². The molecule has 0 bridgehead atoms. The van der Waals surface area contributed by atoms with E-state index in [9.17, 15) is 0 Å². The van der Waals surface area contributed by atoms with Crippen LogP contribution in [0.1, 0.15) is 16.7 Å². The molecule has 0 fully saturated rings. The molecule has 0 aromatic heterocycles. The summed E-state index contributed by atoms with van der Waals surface area (Å²) < 4.78 is 0. The maximum atomic E-state index is 5.81. The topological polar surface area (TPSA) is 38.0 Å². The Morgan fingerprint density at radius 3 is 1.26 bits per heavy atom.